The first-order valence-electron chi connectivity index (χ1n) is 7.38. The molecule has 1 fully saturated rings. The summed E-state index contributed by atoms with van der Waals surface area (Å²) in [6.07, 6.45) is 0. The number of piperazine rings is 1. The second kappa shape index (κ2) is 6.08. The number of anilines is 1. The van der Waals surface area contributed by atoms with Gasteiger partial charge in [0.1, 0.15) is 17.3 Å². The zero-order chi connectivity index (χ0) is 14.9. The van der Waals surface area contributed by atoms with E-state index >= 15 is 0 Å². The van der Waals surface area contributed by atoms with Gasteiger partial charge in [0.15, 0.2) is 0 Å². The highest BCUT2D eigenvalue weighted by Gasteiger charge is 2.24. The summed E-state index contributed by atoms with van der Waals surface area (Å²) in [5.41, 5.74) is 0.849. The van der Waals surface area contributed by atoms with Gasteiger partial charge in [0.2, 0.25) is 0 Å². The van der Waals surface area contributed by atoms with Gasteiger partial charge < -0.3 is 4.90 Å². The summed E-state index contributed by atoms with van der Waals surface area (Å²) in [6.45, 7) is 11.2. The van der Waals surface area contributed by atoms with Crippen molar-refractivity contribution in [1.82, 2.24) is 4.90 Å². The van der Waals surface area contributed by atoms with Crippen LogP contribution in [-0.4, -0.2) is 37.1 Å². The number of halogens is 2. The van der Waals surface area contributed by atoms with Gasteiger partial charge in [-0.3, -0.25) is 4.90 Å². The molecule has 0 saturated carbocycles. The summed E-state index contributed by atoms with van der Waals surface area (Å²) >= 11 is 0. The van der Waals surface area contributed by atoms with Crippen molar-refractivity contribution >= 4 is 5.69 Å². The number of nitrogens with zero attached hydrogens (tertiary/aromatic N) is 2. The fourth-order valence-electron chi connectivity index (χ4n) is 2.68. The van der Waals surface area contributed by atoms with Crippen LogP contribution < -0.4 is 4.90 Å². The maximum atomic E-state index is 14.2. The van der Waals surface area contributed by atoms with E-state index < -0.39 is 11.6 Å². The van der Waals surface area contributed by atoms with Crippen molar-refractivity contribution in [2.75, 3.05) is 31.1 Å². The molecule has 0 bridgehead atoms. The molecule has 0 N–H and O–H groups in total. The molecule has 0 unspecified atom stereocenters. The number of benzene rings is 1. The minimum atomic E-state index is -0.438. The second-order valence-corrected chi connectivity index (χ2v) is 6.10. The van der Waals surface area contributed by atoms with Crippen molar-refractivity contribution in [1.29, 1.82) is 0 Å². The second-order valence-electron chi connectivity index (χ2n) is 6.10. The van der Waals surface area contributed by atoms with Crippen LogP contribution in [0.4, 0.5) is 14.5 Å². The molecular weight excluding hydrogens is 258 g/mol. The summed E-state index contributed by atoms with van der Waals surface area (Å²) in [5.74, 6) is -0.746. The summed E-state index contributed by atoms with van der Waals surface area (Å²) in [5, 5.41) is 0. The molecule has 0 aliphatic carbocycles. The van der Waals surface area contributed by atoms with Gasteiger partial charge in [-0.05, 0) is 37.5 Å². The molecule has 4 heteroatoms. The summed E-state index contributed by atoms with van der Waals surface area (Å²) in [4.78, 5) is 4.16. The normalized spacial score (nSPS) is 17.3. The molecule has 1 aromatic carbocycles. The van der Waals surface area contributed by atoms with Crippen LogP contribution in [0.3, 0.4) is 0 Å². The van der Waals surface area contributed by atoms with Crippen molar-refractivity contribution in [3.63, 3.8) is 0 Å². The summed E-state index contributed by atoms with van der Waals surface area (Å²) in [7, 11) is 0. The van der Waals surface area contributed by atoms with Crippen molar-refractivity contribution < 1.29 is 8.78 Å². The Labute approximate surface area is 120 Å². The van der Waals surface area contributed by atoms with Gasteiger partial charge in [0.25, 0.3) is 0 Å². The van der Waals surface area contributed by atoms with Gasteiger partial charge in [-0.1, -0.05) is 13.8 Å². The van der Waals surface area contributed by atoms with E-state index in [4.69, 9.17) is 0 Å². The Morgan fingerprint density at radius 2 is 1.40 bits per heavy atom. The predicted octanol–water partition coefficient (Wildman–Crippen LogP) is 3.62. The molecule has 0 spiro atoms. The molecule has 0 atom stereocenters. The molecule has 0 radical (unpaired) electrons. The quantitative estimate of drug-likeness (QED) is 0.835. The van der Waals surface area contributed by atoms with Gasteiger partial charge in [0, 0.05) is 32.2 Å². The molecule has 1 saturated heterocycles. The van der Waals surface area contributed by atoms with E-state index in [1.54, 1.807) is 0 Å². The largest absolute Gasteiger partial charge is 0.364 e. The van der Waals surface area contributed by atoms with E-state index in [1.807, 2.05) is 18.7 Å². The van der Waals surface area contributed by atoms with Crippen LogP contribution in [0.5, 0.6) is 0 Å². The standard InChI is InChI=1S/C16H24F2N2/c1-11(2)13-9-14(17)16(15(18)10-13)20-7-5-19(6-8-20)12(3)4/h9-12H,5-8H2,1-4H3. The third-order valence-electron chi connectivity index (χ3n) is 4.07. The Balaban J connectivity index is 2.18. The highest BCUT2D eigenvalue weighted by molar-refractivity contribution is 5.51. The number of hydrogen-bond donors (Lipinski definition) is 0. The van der Waals surface area contributed by atoms with Crippen molar-refractivity contribution in [2.24, 2.45) is 0 Å². The lowest BCUT2D eigenvalue weighted by atomic mass is 10.0. The van der Waals surface area contributed by atoms with Gasteiger partial charge in [0.05, 0.1) is 0 Å². The monoisotopic (exact) mass is 282 g/mol. The first-order chi connectivity index (χ1) is 9.40. The molecule has 0 amide bonds. The lowest BCUT2D eigenvalue weighted by molar-refractivity contribution is 0.208. The zero-order valence-corrected chi connectivity index (χ0v) is 12.8. The van der Waals surface area contributed by atoms with Crippen molar-refractivity contribution in [3.8, 4) is 0 Å². The van der Waals surface area contributed by atoms with Crippen molar-refractivity contribution in [3.05, 3.63) is 29.3 Å². The third kappa shape index (κ3) is 3.11. The lowest BCUT2D eigenvalue weighted by Crippen LogP contribution is -2.49. The van der Waals surface area contributed by atoms with Crippen LogP contribution in [-0.2, 0) is 0 Å². The minimum absolute atomic E-state index is 0.130. The Morgan fingerprint density at radius 1 is 0.900 bits per heavy atom. The van der Waals surface area contributed by atoms with Crippen LogP contribution in [0, 0.1) is 11.6 Å². The maximum absolute atomic E-state index is 14.2. The van der Waals surface area contributed by atoms with Crippen LogP contribution in [0.2, 0.25) is 0 Å². The van der Waals surface area contributed by atoms with E-state index in [0.29, 0.717) is 24.7 Å². The first-order valence-corrected chi connectivity index (χ1v) is 7.38. The number of hydrogen-bond acceptors (Lipinski definition) is 2. The average molecular weight is 282 g/mol. The van der Waals surface area contributed by atoms with Gasteiger partial charge in [-0.2, -0.15) is 0 Å². The SMILES string of the molecule is CC(C)c1cc(F)c(N2CCN(C(C)C)CC2)c(F)c1. The van der Waals surface area contributed by atoms with Gasteiger partial charge >= 0.3 is 0 Å². The van der Waals surface area contributed by atoms with E-state index in [-0.39, 0.29) is 11.6 Å². The van der Waals surface area contributed by atoms with Crippen LogP contribution >= 0.6 is 0 Å². The number of rotatable bonds is 3. The van der Waals surface area contributed by atoms with Gasteiger partial charge in [-0.15, -0.1) is 0 Å². The van der Waals surface area contributed by atoms with Crippen LogP contribution in [0.1, 0.15) is 39.2 Å². The van der Waals surface area contributed by atoms with E-state index in [1.165, 1.54) is 12.1 Å². The van der Waals surface area contributed by atoms with E-state index in [9.17, 15) is 8.78 Å². The van der Waals surface area contributed by atoms with Crippen LogP contribution in [0.15, 0.2) is 12.1 Å². The maximum Gasteiger partial charge on any atom is 0.149 e. The Hall–Kier alpha value is -1.16. The Morgan fingerprint density at radius 3 is 1.80 bits per heavy atom. The molecule has 112 valence electrons. The predicted molar refractivity (Wildman–Crippen MR) is 79.4 cm³/mol. The molecule has 1 aromatic rings. The molecule has 1 aliphatic rings. The summed E-state index contributed by atoms with van der Waals surface area (Å²) in [6, 6.07) is 3.42. The molecule has 0 aromatic heterocycles. The fourth-order valence-corrected chi connectivity index (χ4v) is 2.68. The average Bonchev–Trinajstić information content (AvgIpc) is 2.38. The zero-order valence-electron chi connectivity index (χ0n) is 12.8. The highest BCUT2D eigenvalue weighted by Crippen LogP contribution is 2.28. The molecular formula is C16H24F2N2. The first kappa shape index (κ1) is 15.2. The Kier molecular flexibility index (Phi) is 4.63. The smallest absolute Gasteiger partial charge is 0.149 e. The topological polar surface area (TPSA) is 6.48 Å². The fraction of sp³-hybridized carbons (Fsp3) is 0.625. The van der Waals surface area contributed by atoms with E-state index in [0.717, 1.165) is 13.1 Å². The minimum Gasteiger partial charge on any atom is -0.364 e. The molecule has 1 heterocycles. The van der Waals surface area contributed by atoms with E-state index in [2.05, 4.69) is 18.7 Å². The highest BCUT2D eigenvalue weighted by atomic mass is 19.1. The molecule has 20 heavy (non-hydrogen) atoms. The van der Waals surface area contributed by atoms with Crippen LogP contribution in [0.25, 0.3) is 0 Å². The molecule has 2 rings (SSSR count). The lowest BCUT2D eigenvalue weighted by Gasteiger charge is -2.38. The van der Waals surface area contributed by atoms with Gasteiger partial charge in [-0.25, -0.2) is 8.78 Å². The van der Waals surface area contributed by atoms with Crippen molar-refractivity contribution in [2.45, 2.75) is 39.7 Å². The molecule has 1 aliphatic heterocycles. The third-order valence-corrected chi connectivity index (χ3v) is 4.07. The summed E-state index contributed by atoms with van der Waals surface area (Å²) < 4.78 is 28.4. The molecule has 2 nitrogen and oxygen atoms in total. The Bertz CT molecular complexity index is 441.